The molecule has 2 aliphatic rings. The maximum Gasteiger partial charge on any atom is 0.405 e. The molecule has 3 atom stereocenters. The van der Waals surface area contributed by atoms with Crippen LogP contribution < -0.4 is 5.32 Å². The maximum atomic E-state index is 13.7. The number of carbonyl (C=O) groups excluding carboxylic acids is 2. The van der Waals surface area contributed by atoms with Gasteiger partial charge in [-0.25, -0.2) is 19.7 Å². The van der Waals surface area contributed by atoms with E-state index >= 15 is 0 Å². The van der Waals surface area contributed by atoms with Gasteiger partial charge in [0.05, 0.1) is 35.9 Å². The van der Waals surface area contributed by atoms with Crippen molar-refractivity contribution in [3.05, 3.63) is 150 Å². The van der Waals surface area contributed by atoms with E-state index in [1.807, 2.05) is 65.0 Å². The first kappa shape index (κ1) is 36.8. The highest BCUT2D eigenvalue weighted by Crippen LogP contribution is 2.36. The van der Waals surface area contributed by atoms with Gasteiger partial charge >= 0.3 is 6.09 Å². The summed E-state index contributed by atoms with van der Waals surface area (Å²) in [6.45, 7) is 1.18. The molecule has 0 bridgehead atoms. The van der Waals surface area contributed by atoms with E-state index in [2.05, 4.69) is 61.7 Å². The van der Waals surface area contributed by atoms with E-state index in [9.17, 15) is 19.5 Å². The Morgan fingerprint density at radius 2 is 1.19 bits per heavy atom. The molecule has 4 N–H and O–H groups in total. The molecule has 4 aromatic carbocycles. The van der Waals surface area contributed by atoms with Gasteiger partial charge in [-0.1, -0.05) is 109 Å². The van der Waals surface area contributed by atoms with Gasteiger partial charge in [0.15, 0.2) is 0 Å². The minimum Gasteiger partial charge on any atom is -0.465 e. The molecular formula is C45H40N8O4S. The van der Waals surface area contributed by atoms with Crippen LogP contribution in [0.25, 0.3) is 44.2 Å². The Hall–Kier alpha value is -6.86. The maximum absolute atomic E-state index is 13.7. The zero-order valence-corrected chi connectivity index (χ0v) is 32.2. The Kier molecular flexibility index (Phi) is 10.1. The van der Waals surface area contributed by atoms with Crippen LogP contribution in [0.15, 0.2) is 127 Å². The summed E-state index contributed by atoms with van der Waals surface area (Å²) in [6, 6.07) is 34.0. The average Bonchev–Trinajstić information content (AvgIpc) is 4.13. The lowest BCUT2D eigenvalue weighted by Crippen LogP contribution is -2.42. The summed E-state index contributed by atoms with van der Waals surface area (Å²) in [7, 11) is 0. The molecule has 13 heteroatoms. The van der Waals surface area contributed by atoms with Gasteiger partial charge in [-0.05, 0) is 53.5 Å². The van der Waals surface area contributed by atoms with Crippen molar-refractivity contribution >= 4 is 29.2 Å². The summed E-state index contributed by atoms with van der Waals surface area (Å²) in [6.07, 6.45) is 5.63. The topological polar surface area (TPSA) is 160 Å². The van der Waals surface area contributed by atoms with E-state index in [0.717, 1.165) is 75.7 Å². The largest absolute Gasteiger partial charge is 0.465 e. The third kappa shape index (κ3) is 7.39. The number of aromatic amines is 2. The van der Waals surface area contributed by atoms with Gasteiger partial charge in [-0.15, -0.1) is 11.3 Å². The Morgan fingerprint density at radius 3 is 1.76 bits per heavy atom. The van der Waals surface area contributed by atoms with Crippen molar-refractivity contribution in [2.24, 2.45) is 0 Å². The number of hydrogen-bond donors (Lipinski definition) is 4. The normalized spacial score (nSPS) is 17.0. The number of carboxylic acid groups (broad SMARTS) is 1. The second-order valence-corrected chi connectivity index (χ2v) is 15.4. The van der Waals surface area contributed by atoms with Crippen molar-refractivity contribution in [3.8, 4) is 44.2 Å². The number of likely N-dealkylation sites (tertiary alicyclic amines) is 2. The molecule has 2 fully saturated rings. The van der Waals surface area contributed by atoms with E-state index in [4.69, 9.17) is 4.98 Å². The minimum absolute atomic E-state index is 0.0703. The van der Waals surface area contributed by atoms with Crippen molar-refractivity contribution in [2.45, 2.75) is 43.8 Å². The second-order valence-electron chi connectivity index (χ2n) is 14.6. The molecule has 2 aliphatic heterocycles. The zero-order chi connectivity index (χ0) is 39.6. The van der Waals surface area contributed by atoms with E-state index < -0.39 is 12.1 Å². The fraction of sp³-hybridized carbons (Fsp3) is 0.200. The lowest BCUT2D eigenvalue weighted by molar-refractivity contribution is -0.134. The molecule has 0 unspecified atom stereocenters. The van der Waals surface area contributed by atoms with Crippen molar-refractivity contribution < 1.29 is 19.5 Å². The molecule has 3 aromatic heterocycles. The van der Waals surface area contributed by atoms with Crippen molar-refractivity contribution in [1.29, 1.82) is 0 Å². The van der Waals surface area contributed by atoms with E-state index in [1.165, 1.54) is 11.3 Å². The molecule has 9 rings (SSSR count). The molecule has 0 saturated carbocycles. The molecule has 0 aliphatic carbocycles. The lowest BCUT2D eigenvalue weighted by atomic mass is 10.0. The molecule has 290 valence electrons. The van der Waals surface area contributed by atoms with Crippen LogP contribution in [0.2, 0.25) is 0 Å². The van der Waals surface area contributed by atoms with E-state index in [-0.39, 0.29) is 23.9 Å². The number of amides is 3. The smallest absolute Gasteiger partial charge is 0.405 e. The molecule has 12 nitrogen and oxygen atoms in total. The summed E-state index contributed by atoms with van der Waals surface area (Å²) in [5.41, 5.74) is 7.87. The number of thiazole rings is 1. The Morgan fingerprint density at radius 1 is 0.672 bits per heavy atom. The van der Waals surface area contributed by atoms with E-state index in [0.29, 0.717) is 30.2 Å². The van der Waals surface area contributed by atoms with Gasteiger partial charge in [0.2, 0.25) is 0 Å². The Bertz CT molecular complexity index is 2550. The molecule has 0 radical (unpaired) electrons. The van der Waals surface area contributed by atoms with Gasteiger partial charge < -0.3 is 30.2 Å². The minimum atomic E-state index is -1.25. The van der Waals surface area contributed by atoms with Crippen LogP contribution >= 0.6 is 11.3 Å². The summed E-state index contributed by atoms with van der Waals surface area (Å²) >= 11 is 1.48. The fourth-order valence-electron chi connectivity index (χ4n) is 8.05. The summed E-state index contributed by atoms with van der Waals surface area (Å²) in [5, 5.41) is 14.6. The SMILES string of the molecule is O=C(O)N[C@@H](C(=O)N1CCC[C@H]1c1ncc(-c2ccc(-c3ccc(-c4cnc([C@@H]5CCCN5C(=O)c5csc(-c6ccccc6)n5)[nH]4)cc3)cc2)[nH]1)c1ccccc1. The zero-order valence-electron chi connectivity index (χ0n) is 31.4. The summed E-state index contributed by atoms with van der Waals surface area (Å²) < 4.78 is 0. The number of hydrogen-bond acceptors (Lipinski definition) is 7. The van der Waals surface area contributed by atoms with E-state index in [1.54, 1.807) is 35.4 Å². The fourth-order valence-corrected chi connectivity index (χ4v) is 8.85. The number of nitrogens with zero attached hydrogens (tertiary/aromatic N) is 5. The van der Waals surface area contributed by atoms with Gasteiger partial charge in [0.1, 0.15) is 28.4 Å². The number of benzene rings is 4. The number of aromatic nitrogens is 5. The van der Waals surface area contributed by atoms with Crippen LogP contribution in [0.5, 0.6) is 0 Å². The van der Waals surface area contributed by atoms with Gasteiger partial charge in [0, 0.05) is 24.0 Å². The molecular weight excluding hydrogens is 749 g/mol. The van der Waals surface area contributed by atoms with Crippen LogP contribution in [0.3, 0.4) is 0 Å². The number of rotatable bonds is 10. The van der Waals surface area contributed by atoms with Crippen LogP contribution in [-0.2, 0) is 4.79 Å². The van der Waals surface area contributed by atoms with Gasteiger partial charge in [0.25, 0.3) is 11.8 Å². The van der Waals surface area contributed by atoms with Crippen molar-refractivity contribution in [3.63, 3.8) is 0 Å². The average molecular weight is 789 g/mol. The van der Waals surface area contributed by atoms with Crippen molar-refractivity contribution in [1.82, 2.24) is 40.0 Å². The quantitative estimate of drug-likeness (QED) is 0.108. The highest BCUT2D eigenvalue weighted by atomic mass is 32.1. The lowest BCUT2D eigenvalue weighted by Gasteiger charge is -2.28. The van der Waals surface area contributed by atoms with Gasteiger partial charge in [-0.2, -0.15) is 0 Å². The molecule has 2 saturated heterocycles. The molecule has 3 amide bonds. The third-order valence-corrected chi connectivity index (χ3v) is 11.9. The predicted molar refractivity (Wildman–Crippen MR) is 222 cm³/mol. The highest BCUT2D eigenvalue weighted by Gasteiger charge is 2.37. The van der Waals surface area contributed by atoms with Crippen LogP contribution in [-0.4, -0.2) is 70.8 Å². The van der Waals surface area contributed by atoms with Crippen LogP contribution in [0.1, 0.15) is 71.5 Å². The highest BCUT2D eigenvalue weighted by molar-refractivity contribution is 7.13. The molecule has 0 spiro atoms. The number of nitrogens with one attached hydrogen (secondary N) is 3. The second kappa shape index (κ2) is 15.9. The Labute approximate surface area is 338 Å². The summed E-state index contributed by atoms with van der Waals surface area (Å²) in [4.78, 5) is 63.5. The first-order valence-corrected chi connectivity index (χ1v) is 20.3. The Balaban J connectivity index is 0.852. The summed E-state index contributed by atoms with van der Waals surface area (Å²) in [5.74, 6) is 1.09. The monoisotopic (exact) mass is 788 g/mol. The number of H-pyrrole nitrogens is 2. The standard InChI is InChI=1S/C45H40N8O4S/c54-43(36-27-58-42(50-36)33-11-5-2-6-12-33)52-23-7-13-37(52)40-46-25-34(48-40)30-19-15-28(16-20-30)29-17-21-31(22-18-29)35-26-47-41(49-35)38-14-8-24-53(38)44(55)39(51-45(56)57)32-9-3-1-4-10-32/h1-6,9-12,15-22,25-27,37-39,51H,7-8,13-14,23-24H2,(H,46,48)(H,47,49)(H,56,57)/t37-,38-,39+/m0/s1. The molecule has 5 heterocycles. The first-order valence-electron chi connectivity index (χ1n) is 19.4. The first-order chi connectivity index (χ1) is 28.4. The van der Waals surface area contributed by atoms with Crippen molar-refractivity contribution in [2.75, 3.05) is 13.1 Å². The number of imidazole rings is 2. The molecule has 7 aromatic rings. The van der Waals surface area contributed by atoms with Crippen LogP contribution in [0.4, 0.5) is 4.79 Å². The molecule has 58 heavy (non-hydrogen) atoms. The number of carbonyl (C=O) groups is 3. The van der Waals surface area contributed by atoms with Gasteiger partial charge in [-0.3, -0.25) is 9.59 Å². The third-order valence-electron chi connectivity index (χ3n) is 11.0. The predicted octanol–water partition coefficient (Wildman–Crippen LogP) is 8.91. The van der Waals surface area contributed by atoms with Crippen LogP contribution in [0, 0.1) is 0 Å².